The lowest BCUT2D eigenvalue weighted by atomic mass is 9.99. The molecule has 0 atom stereocenters. The fourth-order valence-corrected chi connectivity index (χ4v) is 2.88. The fourth-order valence-electron chi connectivity index (χ4n) is 2.08. The standard InChI is InChI=1S/C15H17NO4S/c1-18-15(19-2,11-6-4-3-5-7-11)12-8-14(21-10-12)20-13(17)9-16/h3-8,10H,9,16H2,1-2H3. The highest BCUT2D eigenvalue weighted by atomic mass is 32.1. The molecule has 1 heterocycles. The van der Waals surface area contributed by atoms with E-state index in [1.165, 1.54) is 11.3 Å². The number of nitrogens with two attached hydrogens (primary N) is 1. The molecule has 2 N–H and O–H groups in total. The van der Waals surface area contributed by atoms with E-state index < -0.39 is 11.8 Å². The summed E-state index contributed by atoms with van der Waals surface area (Å²) in [7, 11) is 3.14. The minimum Gasteiger partial charge on any atom is -0.414 e. The van der Waals surface area contributed by atoms with Gasteiger partial charge in [0.25, 0.3) is 0 Å². The van der Waals surface area contributed by atoms with Crippen molar-refractivity contribution in [3.05, 3.63) is 52.9 Å². The lowest BCUT2D eigenvalue weighted by Crippen LogP contribution is -2.31. The zero-order valence-corrected chi connectivity index (χ0v) is 12.7. The highest BCUT2D eigenvalue weighted by Gasteiger charge is 2.35. The second kappa shape index (κ2) is 6.82. The van der Waals surface area contributed by atoms with Gasteiger partial charge < -0.3 is 19.9 Å². The van der Waals surface area contributed by atoms with Crippen molar-refractivity contribution in [1.82, 2.24) is 0 Å². The van der Waals surface area contributed by atoms with E-state index in [0.29, 0.717) is 5.06 Å². The molecule has 0 unspecified atom stereocenters. The molecular weight excluding hydrogens is 290 g/mol. The number of esters is 1. The highest BCUT2D eigenvalue weighted by molar-refractivity contribution is 7.12. The van der Waals surface area contributed by atoms with E-state index in [1.807, 2.05) is 35.7 Å². The molecule has 2 rings (SSSR count). The lowest BCUT2D eigenvalue weighted by Gasteiger charge is -2.30. The third-order valence-corrected chi connectivity index (χ3v) is 3.87. The second-order valence-corrected chi connectivity index (χ2v) is 5.10. The molecule has 1 aromatic carbocycles. The van der Waals surface area contributed by atoms with Crippen LogP contribution in [-0.4, -0.2) is 26.7 Å². The average molecular weight is 307 g/mol. The van der Waals surface area contributed by atoms with Gasteiger partial charge in [0, 0.05) is 36.8 Å². The van der Waals surface area contributed by atoms with Gasteiger partial charge in [-0.25, -0.2) is 0 Å². The minimum absolute atomic E-state index is 0.161. The van der Waals surface area contributed by atoms with Crippen molar-refractivity contribution in [3.8, 4) is 5.06 Å². The van der Waals surface area contributed by atoms with E-state index >= 15 is 0 Å². The molecule has 6 heteroatoms. The van der Waals surface area contributed by atoms with Crippen molar-refractivity contribution in [3.63, 3.8) is 0 Å². The third-order valence-electron chi connectivity index (χ3n) is 3.07. The van der Waals surface area contributed by atoms with Crippen LogP contribution in [0.4, 0.5) is 0 Å². The van der Waals surface area contributed by atoms with Gasteiger partial charge >= 0.3 is 5.97 Å². The van der Waals surface area contributed by atoms with Crippen molar-refractivity contribution < 1.29 is 19.0 Å². The second-order valence-electron chi connectivity index (χ2n) is 4.22. The van der Waals surface area contributed by atoms with Crippen LogP contribution >= 0.6 is 11.3 Å². The Morgan fingerprint density at radius 2 is 1.86 bits per heavy atom. The number of benzene rings is 1. The largest absolute Gasteiger partial charge is 0.414 e. The van der Waals surface area contributed by atoms with Gasteiger partial charge in [-0.3, -0.25) is 4.79 Å². The molecule has 0 saturated heterocycles. The molecule has 0 aliphatic heterocycles. The highest BCUT2D eigenvalue weighted by Crippen LogP contribution is 2.38. The molecule has 112 valence electrons. The van der Waals surface area contributed by atoms with E-state index in [2.05, 4.69) is 0 Å². The van der Waals surface area contributed by atoms with Crippen LogP contribution < -0.4 is 10.5 Å². The molecule has 0 radical (unpaired) electrons. The van der Waals surface area contributed by atoms with Crippen molar-refractivity contribution >= 4 is 17.3 Å². The number of carbonyl (C=O) groups is 1. The van der Waals surface area contributed by atoms with E-state index in [1.54, 1.807) is 20.3 Å². The van der Waals surface area contributed by atoms with Gasteiger partial charge in [0.15, 0.2) is 5.06 Å². The summed E-state index contributed by atoms with van der Waals surface area (Å²) in [4.78, 5) is 11.2. The van der Waals surface area contributed by atoms with Gasteiger partial charge in [0.2, 0.25) is 5.79 Å². The van der Waals surface area contributed by atoms with Crippen molar-refractivity contribution in [1.29, 1.82) is 0 Å². The smallest absolute Gasteiger partial charge is 0.325 e. The van der Waals surface area contributed by atoms with Gasteiger partial charge in [-0.1, -0.05) is 30.3 Å². The van der Waals surface area contributed by atoms with E-state index in [9.17, 15) is 4.79 Å². The summed E-state index contributed by atoms with van der Waals surface area (Å²) < 4.78 is 16.4. The number of hydrogen-bond acceptors (Lipinski definition) is 6. The molecule has 21 heavy (non-hydrogen) atoms. The zero-order chi connectivity index (χ0) is 15.3. The maximum Gasteiger partial charge on any atom is 0.325 e. The molecule has 0 aliphatic rings. The summed E-state index contributed by atoms with van der Waals surface area (Å²) in [6.07, 6.45) is 0. The minimum atomic E-state index is -1.04. The van der Waals surface area contributed by atoms with Gasteiger partial charge in [-0.05, 0) is 0 Å². The average Bonchev–Trinajstić information content (AvgIpc) is 2.99. The van der Waals surface area contributed by atoms with Gasteiger partial charge in [0.1, 0.15) is 0 Å². The Morgan fingerprint density at radius 3 is 2.43 bits per heavy atom. The Morgan fingerprint density at radius 1 is 1.19 bits per heavy atom. The third kappa shape index (κ3) is 3.14. The van der Waals surface area contributed by atoms with Crippen molar-refractivity contribution in [2.24, 2.45) is 5.73 Å². The quantitative estimate of drug-likeness (QED) is 0.654. The topological polar surface area (TPSA) is 70.8 Å². The van der Waals surface area contributed by atoms with Crippen molar-refractivity contribution in [2.45, 2.75) is 5.79 Å². The molecular formula is C15H17NO4S. The van der Waals surface area contributed by atoms with Gasteiger partial charge in [-0.15, -0.1) is 11.3 Å². The summed E-state index contributed by atoms with van der Waals surface area (Å²) in [6, 6.07) is 11.3. The number of ether oxygens (including phenoxy) is 3. The molecule has 1 aromatic heterocycles. The molecule has 5 nitrogen and oxygen atoms in total. The molecule has 0 saturated carbocycles. The molecule has 0 bridgehead atoms. The lowest BCUT2D eigenvalue weighted by molar-refractivity contribution is -0.183. The zero-order valence-electron chi connectivity index (χ0n) is 11.9. The normalized spacial score (nSPS) is 11.4. The van der Waals surface area contributed by atoms with E-state index in [-0.39, 0.29) is 6.54 Å². The van der Waals surface area contributed by atoms with Crippen LogP contribution in [0.3, 0.4) is 0 Å². The first kappa shape index (κ1) is 15.7. The van der Waals surface area contributed by atoms with Crippen LogP contribution in [0.25, 0.3) is 0 Å². The van der Waals surface area contributed by atoms with E-state index in [4.69, 9.17) is 19.9 Å². The fraction of sp³-hybridized carbons (Fsp3) is 0.267. The number of hydrogen-bond donors (Lipinski definition) is 1. The Labute approximate surface area is 127 Å². The first-order valence-electron chi connectivity index (χ1n) is 6.32. The van der Waals surface area contributed by atoms with Gasteiger partial charge in [0.05, 0.1) is 6.54 Å². The number of rotatable bonds is 6. The predicted molar refractivity (Wildman–Crippen MR) is 80.2 cm³/mol. The first-order chi connectivity index (χ1) is 10.2. The number of carbonyl (C=O) groups excluding carboxylic acids is 1. The van der Waals surface area contributed by atoms with Crippen LogP contribution in [-0.2, 0) is 20.1 Å². The van der Waals surface area contributed by atoms with Crippen LogP contribution in [0.5, 0.6) is 5.06 Å². The Kier molecular flexibility index (Phi) is 5.08. The van der Waals surface area contributed by atoms with Crippen LogP contribution in [0.15, 0.2) is 41.8 Å². The van der Waals surface area contributed by atoms with Crippen molar-refractivity contribution in [2.75, 3.05) is 20.8 Å². The first-order valence-corrected chi connectivity index (χ1v) is 7.20. The maximum absolute atomic E-state index is 11.2. The molecule has 0 spiro atoms. The number of methoxy groups -OCH3 is 2. The summed E-state index contributed by atoms with van der Waals surface area (Å²) in [6.45, 7) is -0.161. The number of thiophene rings is 1. The summed E-state index contributed by atoms with van der Waals surface area (Å²) in [5.41, 5.74) is 6.84. The molecule has 2 aromatic rings. The van der Waals surface area contributed by atoms with E-state index in [0.717, 1.165) is 11.1 Å². The molecule has 0 aliphatic carbocycles. The maximum atomic E-state index is 11.2. The Bertz CT molecular complexity index is 593. The van der Waals surface area contributed by atoms with Crippen LogP contribution in [0.2, 0.25) is 0 Å². The predicted octanol–water partition coefficient (Wildman–Crippen LogP) is 2.11. The monoisotopic (exact) mass is 307 g/mol. The van der Waals surface area contributed by atoms with Crippen LogP contribution in [0, 0.1) is 0 Å². The molecule has 0 fully saturated rings. The summed E-state index contributed by atoms with van der Waals surface area (Å²) in [5.74, 6) is -1.52. The Balaban J connectivity index is 2.37. The summed E-state index contributed by atoms with van der Waals surface area (Å²) >= 11 is 1.29. The SMILES string of the molecule is COC(OC)(c1ccccc1)c1csc(OC(=O)CN)c1. The Hall–Kier alpha value is -1.73. The van der Waals surface area contributed by atoms with Gasteiger partial charge in [-0.2, -0.15) is 0 Å². The van der Waals surface area contributed by atoms with Crippen LogP contribution in [0.1, 0.15) is 11.1 Å². The summed E-state index contributed by atoms with van der Waals surface area (Å²) in [5, 5.41) is 2.29. The molecule has 0 amide bonds.